The van der Waals surface area contributed by atoms with Crippen LogP contribution in [-0.2, 0) is 10.0 Å². The molecule has 0 aliphatic carbocycles. The third kappa shape index (κ3) is 2.55. The summed E-state index contributed by atoms with van der Waals surface area (Å²) in [5.41, 5.74) is 0.882. The molecule has 0 bridgehead atoms. The molecule has 1 aromatic carbocycles. The number of hydrogen-bond donors (Lipinski definition) is 0. The highest BCUT2D eigenvalue weighted by atomic mass is 32.2. The largest absolute Gasteiger partial charge is 0.244 e. The van der Waals surface area contributed by atoms with Crippen LogP contribution in [0.5, 0.6) is 0 Å². The Morgan fingerprint density at radius 3 is 2.22 bits per heavy atom. The van der Waals surface area contributed by atoms with E-state index in [1.165, 1.54) is 7.05 Å². The Bertz CT molecular complexity index is 598. The summed E-state index contributed by atoms with van der Waals surface area (Å²) >= 11 is 0. The van der Waals surface area contributed by atoms with Gasteiger partial charge in [0, 0.05) is 7.05 Å². The average Bonchev–Trinajstić information content (AvgIpc) is 2.31. The predicted octanol–water partition coefficient (Wildman–Crippen LogP) is 2.23. The highest BCUT2D eigenvalue weighted by molar-refractivity contribution is 7.89. The highest BCUT2D eigenvalue weighted by Crippen LogP contribution is 2.23. The molecule has 1 rings (SSSR count). The number of aryl methyl sites for hydroxylation is 2. The van der Waals surface area contributed by atoms with Gasteiger partial charge in [0.05, 0.1) is 11.0 Å². The van der Waals surface area contributed by atoms with E-state index in [0.717, 1.165) is 15.4 Å². The molecule has 0 heterocycles. The van der Waals surface area contributed by atoms with Crippen LogP contribution in [0.15, 0.2) is 23.1 Å². The number of hydrogen-bond acceptors (Lipinski definition) is 3. The van der Waals surface area contributed by atoms with Gasteiger partial charge in [-0.15, -0.1) is 0 Å². The molecule has 0 unspecified atom stereocenters. The first-order valence-electron chi connectivity index (χ1n) is 5.60. The third-order valence-electron chi connectivity index (χ3n) is 3.20. The first kappa shape index (κ1) is 14.7. The van der Waals surface area contributed by atoms with Crippen LogP contribution in [0.3, 0.4) is 0 Å². The maximum atomic E-state index is 12.4. The lowest BCUT2D eigenvalue weighted by atomic mass is 10.1. The summed E-state index contributed by atoms with van der Waals surface area (Å²) in [6.45, 7) is 6.94. The van der Waals surface area contributed by atoms with Crippen molar-refractivity contribution in [3.8, 4) is 6.07 Å². The van der Waals surface area contributed by atoms with E-state index in [1.54, 1.807) is 32.0 Å². The molecule has 0 aromatic heterocycles. The Balaban J connectivity index is 3.31. The molecule has 18 heavy (non-hydrogen) atoms. The van der Waals surface area contributed by atoms with E-state index in [1.807, 2.05) is 19.9 Å². The van der Waals surface area contributed by atoms with E-state index in [4.69, 9.17) is 5.26 Å². The summed E-state index contributed by atoms with van der Waals surface area (Å²) in [6.07, 6.45) is 0. The summed E-state index contributed by atoms with van der Waals surface area (Å²) in [5, 5.41) is 9.02. The van der Waals surface area contributed by atoms with Crippen molar-refractivity contribution >= 4 is 10.0 Å². The molecule has 0 aliphatic heterocycles. The van der Waals surface area contributed by atoms with Crippen LogP contribution >= 0.6 is 0 Å². The highest BCUT2D eigenvalue weighted by Gasteiger charge is 2.34. The fourth-order valence-electron chi connectivity index (χ4n) is 1.40. The molecule has 1 aromatic rings. The van der Waals surface area contributed by atoms with Crippen molar-refractivity contribution in [1.29, 1.82) is 5.26 Å². The van der Waals surface area contributed by atoms with E-state index in [-0.39, 0.29) is 4.90 Å². The molecule has 0 amide bonds. The zero-order chi connectivity index (χ0) is 14.1. The van der Waals surface area contributed by atoms with Crippen LogP contribution < -0.4 is 0 Å². The van der Waals surface area contributed by atoms with Crippen LogP contribution in [0.2, 0.25) is 0 Å². The minimum Gasteiger partial charge on any atom is -0.207 e. The summed E-state index contributed by atoms with van der Waals surface area (Å²) in [6, 6.07) is 6.97. The Hall–Kier alpha value is -1.38. The van der Waals surface area contributed by atoms with Crippen LogP contribution in [0.4, 0.5) is 0 Å². The lowest BCUT2D eigenvalue weighted by Gasteiger charge is -2.28. The zero-order valence-electron chi connectivity index (χ0n) is 11.4. The second-order valence-corrected chi connectivity index (χ2v) is 6.86. The van der Waals surface area contributed by atoms with Crippen LogP contribution in [0, 0.1) is 25.2 Å². The zero-order valence-corrected chi connectivity index (χ0v) is 12.2. The lowest BCUT2D eigenvalue weighted by Crippen LogP contribution is -2.43. The quantitative estimate of drug-likeness (QED) is 0.842. The van der Waals surface area contributed by atoms with E-state index < -0.39 is 15.6 Å². The first-order chi connectivity index (χ1) is 8.13. The molecular formula is C13H18N2O2S. The van der Waals surface area contributed by atoms with Gasteiger partial charge in [-0.2, -0.15) is 9.57 Å². The van der Waals surface area contributed by atoms with E-state index in [2.05, 4.69) is 0 Å². The fourth-order valence-corrected chi connectivity index (χ4v) is 2.93. The van der Waals surface area contributed by atoms with Crippen LogP contribution in [0.25, 0.3) is 0 Å². The number of benzene rings is 1. The Morgan fingerprint density at radius 2 is 1.78 bits per heavy atom. The fraction of sp³-hybridized carbons (Fsp3) is 0.462. The van der Waals surface area contributed by atoms with Gasteiger partial charge in [0.25, 0.3) is 0 Å². The van der Waals surface area contributed by atoms with Gasteiger partial charge >= 0.3 is 0 Å². The molecule has 0 atom stereocenters. The van der Waals surface area contributed by atoms with E-state index >= 15 is 0 Å². The molecule has 5 heteroatoms. The Morgan fingerprint density at radius 1 is 1.22 bits per heavy atom. The second-order valence-electron chi connectivity index (χ2n) is 4.89. The molecule has 98 valence electrons. The van der Waals surface area contributed by atoms with E-state index in [9.17, 15) is 8.42 Å². The van der Waals surface area contributed by atoms with Crippen molar-refractivity contribution in [3.63, 3.8) is 0 Å². The van der Waals surface area contributed by atoms with Crippen molar-refractivity contribution in [3.05, 3.63) is 29.3 Å². The van der Waals surface area contributed by atoms with Gasteiger partial charge in [0.1, 0.15) is 5.54 Å². The maximum absolute atomic E-state index is 12.4. The van der Waals surface area contributed by atoms with Gasteiger partial charge in [0.2, 0.25) is 10.0 Å². The summed E-state index contributed by atoms with van der Waals surface area (Å²) in [4.78, 5) is 0.219. The number of sulfonamides is 1. The van der Waals surface area contributed by atoms with Crippen molar-refractivity contribution in [2.75, 3.05) is 7.05 Å². The molecule has 0 aliphatic rings. The molecule has 4 nitrogen and oxygen atoms in total. The molecule has 0 saturated carbocycles. The molecule has 0 N–H and O–H groups in total. The second kappa shape index (κ2) is 4.71. The molecule has 0 fully saturated rings. The Labute approximate surface area is 109 Å². The predicted molar refractivity (Wildman–Crippen MR) is 70.6 cm³/mol. The van der Waals surface area contributed by atoms with Gasteiger partial charge in [-0.1, -0.05) is 6.07 Å². The lowest BCUT2D eigenvalue weighted by molar-refractivity contribution is 0.337. The third-order valence-corrected chi connectivity index (χ3v) is 5.22. The van der Waals surface area contributed by atoms with Crippen molar-refractivity contribution in [1.82, 2.24) is 4.31 Å². The van der Waals surface area contributed by atoms with Gasteiger partial charge in [-0.3, -0.25) is 0 Å². The molecular weight excluding hydrogens is 248 g/mol. The van der Waals surface area contributed by atoms with Crippen molar-refractivity contribution in [2.24, 2.45) is 0 Å². The standard InChI is InChI=1S/C13H18N2O2S/c1-10-6-7-12(8-11(10)2)18(16,17)15(5)13(3,4)9-14/h6-8H,1-5H3. The van der Waals surface area contributed by atoms with Gasteiger partial charge in [-0.25, -0.2) is 8.42 Å². The van der Waals surface area contributed by atoms with Gasteiger partial charge in [0.15, 0.2) is 0 Å². The minimum atomic E-state index is -3.64. The number of nitrogens with zero attached hydrogens (tertiary/aromatic N) is 2. The summed E-state index contributed by atoms with van der Waals surface area (Å²) in [7, 11) is -2.21. The van der Waals surface area contributed by atoms with Gasteiger partial charge in [-0.05, 0) is 51.0 Å². The Kier molecular flexibility index (Phi) is 3.84. The van der Waals surface area contributed by atoms with Crippen LogP contribution in [-0.4, -0.2) is 25.3 Å². The number of rotatable bonds is 3. The maximum Gasteiger partial charge on any atom is 0.244 e. The summed E-state index contributed by atoms with van der Waals surface area (Å²) in [5.74, 6) is 0. The van der Waals surface area contributed by atoms with Crippen molar-refractivity contribution < 1.29 is 8.42 Å². The normalized spacial score (nSPS) is 12.5. The average molecular weight is 266 g/mol. The van der Waals surface area contributed by atoms with E-state index in [0.29, 0.717) is 0 Å². The summed E-state index contributed by atoms with van der Waals surface area (Å²) < 4.78 is 25.9. The number of nitriles is 1. The van der Waals surface area contributed by atoms with Gasteiger partial charge < -0.3 is 0 Å². The molecule has 0 spiro atoms. The topological polar surface area (TPSA) is 61.2 Å². The smallest absolute Gasteiger partial charge is 0.207 e. The molecule has 0 saturated heterocycles. The monoisotopic (exact) mass is 266 g/mol. The van der Waals surface area contributed by atoms with Crippen LogP contribution in [0.1, 0.15) is 25.0 Å². The minimum absolute atomic E-state index is 0.219. The van der Waals surface area contributed by atoms with Crippen molar-refractivity contribution in [2.45, 2.75) is 38.1 Å². The SMILES string of the molecule is Cc1ccc(S(=O)(=O)N(C)C(C)(C)C#N)cc1C. The molecule has 0 radical (unpaired) electrons. The first-order valence-corrected chi connectivity index (χ1v) is 7.04.